The van der Waals surface area contributed by atoms with E-state index in [9.17, 15) is 4.79 Å². The van der Waals surface area contributed by atoms with E-state index < -0.39 is 0 Å². The molecule has 2 aliphatic heterocycles. The fraction of sp³-hybridized carbons (Fsp3) is 0.333. The molecule has 35 heavy (non-hydrogen) atoms. The first kappa shape index (κ1) is 22.1. The summed E-state index contributed by atoms with van der Waals surface area (Å²) in [5.41, 5.74) is 2.15. The zero-order valence-corrected chi connectivity index (χ0v) is 20.3. The van der Waals surface area contributed by atoms with Gasteiger partial charge in [-0.05, 0) is 47.4 Å². The van der Waals surface area contributed by atoms with E-state index in [0.29, 0.717) is 24.1 Å². The van der Waals surface area contributed by atoms with Gasteiger partial charge < -0.3 is 19.7 Å². The average molecular weight is 489 g/mol. The minimum absolute atomic E-state index is 0.0924. The first-order chi connectivity index (χ1) is 17.2. The summed E-state index contributed by atoms with van der Waals surface area (Å²) in [6.07, 6.45) is 3.36. The molecule has 7 nitrogen and oxygen atoms in total. The molecule has 3 aliphatic rings. The van der Waals surface area contributed by atoms with Crippen LogP contribution in [0.3, 0.4) is 0 Å². The lowest BCUT2D eigenvalue weighted by molar-refractivity contribution is -0.116. The fourth-order valence-corrected chi connectivity index (χ4v) is 5.74. The molecule has 3 heterocycles. The Bertz CT molecular complexity index is 1290. The SMILES string of the molecule is C=C1[C@H](CNC(=O)C=Cc2ccc3c(c2)OCO3)[C@H]1CN1CCN(c2nsc3ccccc23)CC1. The average Bonchev–Trinajstić information content (AvgIpc) is 3.26. The summed E-state index contributed by atoms with van der Waals surface area (Å²) in [4.78, 5) is 17.2. The number of ether oxygens (including phenoxy) is 2. The van der Waals surface area contributed by atoms with E-state index in [1.807, 2.05) is 18.2 Å². The summed E-state index contributed by atoms with van der Waals surface area (Å²) >= 11 is 1.58. The molecule has 2 fully saturated rings. The smallest absolute Gasteiger partial charge is 0.244 e. The van der Waals surface area contributed by atoms with E-state index in [1.165, 1.54) is 15.7 Å². The lowest BCUT2D eigenvalue weighted by Gasteiger charge is -2.35. The molecule has 1 N–H and O–H groups in total. The third-order valence-corrected chi connectivity index (χ3v) is 7.95. The highest BCUT2D eigenvalue weighted by Gasteiger charge is 2.43. The molecule has 2 atom stereocenters. The van der Waals surface area contributed by atoms with Crippen molar-refractivity contribution in [3.8, 4) is 11.5 Å². The second-order valence-electron chi connectivity index (χ2n) is 9.27. The first-order valence-electron chi connectivity index (χ1n) is 12.0. The summed E-state index contributed by atoms with van der Waals surface area (Å²) in [5, 5.41) is 4.29. The Balaban J connectivity index is 0.952. The molecule has 1 saturated carbocycles. The normalized spacial score (nSPS) is 21.7. The van der Waals surface area contributed by atoms with Crippen LogP contribution in [-0.2, 0) is 4.79 Å². The predicted octanol–water partition coefficient (Wildman–Crippen LogP) is 3.78. The summed E-state index contributed by atoms with van der Waals surface area (Å²) in [6.45, 7) is 10.2. The number of amides is 1. The van der Waals surface area contributed by atoms with E-state index in [0.717, 1.165) is 49.9 Å². The van der Waals surface area contributed by atoms with Gasteiger partial charge in [-0.3, -0.25) is 9.69 Å². The minimum atomic E-state index is -0.0924. The zero-order chi connectivity index (χ0) is 23.8. The van der Waals surface area contributed by atoms with Crippen LogP contribution in [0.5, 0.6) is 11.5 Å². The fourth-order valence-electron chi connectivity index (χ4n) is 4.94. The summed E-state index contributed by atoms with van der Waals surface area (Å²) in [7, 11) is 0. The van der Waals surface area contributed by atoms with Crippen molar-refractivity contribution >= 4 is 39.4 Å². The van der Waals surface area contributed by atoms with Crippen LogP contribution < -0.4 is 19.7 Å². The molecular weight excluding hydrogens is 460 g/mol. The standard InChI is InChI=1S/C27H28N4O3S/c1-18-21(15-28-26(32)9-7-19-6-8-23-24(14-19)34-17-33-23)22(18)16-30-10-12-31(13-11-30)27-20-4-2-3-5-25(20)35-29-27/h2-9,14,21-22H,1,10-13,15-17H2,(H,28,32)/t21-,22-/m0/s1. The molecule has 0 bridgehead atoms. The van der Waals surface area contributed by atoms with Crippen LogP contribution in [0.25, 0.3) is 16.2 Å². The molecule has 3 aromatic rings. The largest absolute Gasteiger partial charge is 0.454 e. The first-order valence-corrected chi connectivity index (χ1v) is 12.8. The van der Waals surface area contributed by atoms with Gasteiger partial charge in [0.15, 0.2) is 11.5 Å². The lowest BCUT2D eigenvalue weighted by Crippen LogP contribution is -2.47. The Hall–Kier alpha value is -3.36. The van der Waals surface area contributed by atoms with Crippen LogP contribution in [0.2, 0.25) is 0 Å². The van der Waals surface area contributed by atoms with Crippen LogP contribution in [-0.4, -0.2) is 61.2 Å². The molecule has 1 saturated heterocycles. The molecule has 1 aliphatic carbocycles. The molecule has 1 aromatic heterocycles. The predicted molar refractivity (Wildman–Crippen MR) is 139 cm³/mol. The molecular formula is C27H28N4O3S. The Labute approximate surface area is 208 Å². The van der Waals surface area contributed by atoms with Gasteiger partial charge in [0.2, 0.25) is 12.7 Å². The van der Waals surface area contributed by atoms with Crippen molar-refractivity contribution in [2.24, 2.45) is 11.8 Å². The molecule has 6 rings (SSSR count). The summed E-state index contributed by atoms with van der Waals surface area (Å²) in [5.74, 6) is 3.30. The van der Waals surface area contributed by atoms with Gasteiger partial charge >= 0.3 is 0 Å². The number of nitrogens with zero attached hydrogens (tertiary/aromatic N) is 3. The number of fused-ring (bicyclic) bond motifs is 2. The van der Waals surface area contributed by atoms with Crippen LogP contribution in [0, 0.1) is 11.8 Å². The number of aromatic nitrogens is 1. The van der Waals surface area contributed by atoms with Gasteiger partial charge in [0.05, 0.1) is 4.70 Å². The van der Waals surface area contributed by atoms with Gasteiger partial charge in [0, 0.05) is 62.6 Å². The monoisotopic (exact) mass is 488 g/mol. The van der Waals surface area contributed by atoms with Gasteiger partial charge in [0.1, 0.15) is 5.82 Å². The van der Waals surface area contributed by atoms with Gasteiger partial charge in [-0.15, -0.1) is 0 Å². The summed E-state index contributed by atoms with van der Waals surface area (Å²) < 4.78 is 16.7. The molecule has 180 valence electrons. The van der Waals surface area contributed by atoms with E-state index in [2.05, 4.69) is 46.0 Å². The third-order valence-electron chi connectivity index (χ3n) is 7.13. The van der Waals surface area contributed by atoms with Crippen molar-refractivity contribution in [2.45, 2.75) is 0 Å². The number of anilines is 1. The second kappa shape index (κ2) is 9.36. The maximum absolute atomic E-state index is 12.3. The molecule has 0 spiro atoms. The number of hydrogen-bond donors (Lipinski definition) is 1. The lowest BCUT2D eigenvalue weighted by atomic mass is 10.2. The molecule has 2 aromatic carbocycles. The maximum atomic E-state index is 12.3. The topological polar surface area (TPSA) is 66.9 Å². The molecule has 0 radical (unpaired) electrons. The van der Waals surface area contributed by atoms with Crippen molar-refractivity contribution < 1.29 is 14.3 Å². The minimum Gasteiger partial charge on any atom is -0.454 e. The molecule has 8 heteroatoms. The Morgan fingerprint density at radius 1 is 1.11 bits per heavy atom. The number of carbonyl (C=O) groups excluding carboxylic acids is 1. The second-order valence-corrected chi connectivity index (χ2v) is 10.1. The van der Waals surface area contributed by atoms with Crippen LogP contribution in [0.15, 0.2) is 60.7 Å². The van der Waals surface area contributed by atoms with E-state index in [1.54, 1.807) is 23.7 Å². The number of piperazine rings is 1. The van der Waals surface area contributed by atoms with Crippen molar-refractivity contribution in [1.82, 2.24) is 14.6 Å². The molecule has 1 amide bonds. The van der Waals surface area contributed by atoms with Gasteiger partial charge in [-0.1, -0.05) is 30.4 Å². The van der Waals surface area contributed by atoms with Crippen LogP contribution in [0.1, 0.15) is 5.56 Å². The van der Waals surface area contributed by atoms with E-state index in [4.69, 9.17) is 13.8 Å². The highest BCUT2D eigenvalue weighted by atomic mass is 32.1. The number of nitrogens with one attached hydrogen (secondary N) is 1. The number of benzene rings is 2. The van der Waals surface area contributed by atoms with Gasteiger partial charge in [0.25, 0.3) is 0 Å². The summed E-state index contributed by atoms with van der Waals surface area (Å²) in [6, 6.07) is 14.1. The van der Waals surface area contributed by atoms with Gasteiger partial charge in [-0.2, -0.15) is 4.37 Å². The quantitative estimate of drug-likeness (QED) is 0.403. The van der Waals surface area contributed by atoms with Crippen LogP contribution in [0.4, 0.5) is 5.82 Å². The number of hydrogen-bond acceptors (Lipinski definition) is 7. The van der Waals surface area contributed by atoms with E-state index >= 15 is 0 Å². The highest BCUT2D eigenvalue weighted by Crippen LogP contribution is 2.44. The molecule has 0 unspecified atom stereocenters. The Morgan fingerprint density at radius 2 is 1.94 bits per heavy atom. The Morgan fingerprint density at radius 3 is 2.83 bits per heavy atom. The van der Waals surface area contributed by atoms with Crippen molar-refractivity contribution in [2.75, 3.05) is 51.0 Å². The van der Waals surface area contributed by atoms with Crippen molar-refractivity contribution in [1.29, 1.82) is 0 Å². The van der Waals surface area contributed by atoms with Crippen molar-refractivity contribution in [3.63, 3.8) is 0 Å². The van der Waals surface area contributed by atoms with Crippen molar-refractivity contribution in [3.05, 3.63) is 66.3 Å². The van der Waals surface area contributed by atoms with Crippen LogP contribution >= 0.6 is 11.5 Å². The highest BCUT2D eigenvalue weighted by molar-refractivity contribution is 7.13. The number of carbonyl (C=O) groups is 1. The maximum Gasteiger partial charge on any atom is 0.244 e. The van der Waals surface area contributed by atoms with E-state index in [-0.39, 0.29) is 12.7 Å². The van der Waals surface area contributed by atoms with Gasteiger partial charge in [-0.25, -0.2) is 0 Å². The third kappa shape index (κ3) is 4.63. The Kier molecular flexibility index (Phi) is 5.91. The number of rotatable bonds is 7. The zero-order valence-electron chi connectivity index (χ0n) is 19.5.